The SMILES string of the molecule is C=C(C)CN(CC)CC. The molecule has 0 radical (unpaired) electrons. The van der Waals surface area contributed by atoms with Gasteiger partial charge in [-0.25, -0.2) is 0 Å². The van der Waals surface area contributed by atoms with E-state index in [1.807, 2.05) is 0 Å². The molecule has 54 valence electrons. The van der Waals surface area contributed by atoms with Crippen molar-refractivity contribution in [3.63, 3.8) is 0 Å². The lowest BCUT2D eigenvalue weighted by Crippen LogP contribution is -2.24. The van der Waals surface area contributed by atoms with Crippen molar-refractivity contribution in [2.75, 3.05) is 19.6 Å². The van der Waals surface area contributed by atoms with Gasteiger partial charge in [-0.15, -0.1) is 0 Å². The third kappa shape index (κ3) is 4.22. The highest BCUT2D eigenvalue weighted by molar-refractivity contribution is 4.91. The van der Waals surface area contributed by atoms with Gasteiger partial charge in [0.05, 0.1) is 0 Å². The van der Waals surface area contributed by atoms with Crippen molar-refractivity contribution in [1.82, 2.24) is 4.90 Å². The molecular weight excluding hydrogens is 110 g/mol. The van der Waals surface area contributed by atoms with Crippen LogP contribution in [0, 0.1) is 0 Å². The summed E-state index contributed by atoms with van der Waals surface area (Å²) in [6.45, 7) is 13.6. The van der Waals surface area contributed by atoms with Crippen molar-refractivity contribution < 1.29 is 0 Å². The lowest BCUT2D eigenvalue weighted by atomic mass is 10.3. The number of likely N-dealkylation sites (N-methyl/N-ethyl adjacent to an activating group) is 1. The van der Waals surface area contributed by atoms with E-state index < -0.39 is 0 Å². The largest absolute Gasteiger partial charge is 0.300 e. The maximum Gasteiger partial charge on any atom is 0.0187 e. The molecular formula is C8H17N. The van der Waals surface area contributed by atoms with E-state index >= 15 is 0 Å². The zero-order valence-electron chi connectivity index (χ0n) is 6.78. The summed E-state index contributed by atoms with van der Waals surface area (Å²) in [6, 6.07) is 0. The van der Waals surface area contributed by atoms with Gasteiger partial charge in [-0.05, 0) is 20.0 Å². The van der Waals surface area contributed by atoms with Crippen molar-refractivity contribution in [2.45, 2.75) is 20.8 Å². The van der Waals surface area contributed by atoms with Gasteiger partial charge in [-0.3, -0.25) is 4.90 Å². The molecule has 0 saturated carbocycles. The van der Waals surface area contributed by atoms with Crippen molar-refractivity contribution in [2.24, 2.45) is 0 Å². The summed E-state index contributed by atoms with van der Waals surface area (Å²) in [5, 5.41) is 0. The Balaban J connectivity index is 3.43. The van der Waals surface area contributed by atoms with Gasteiger partial charge in [-0.2, -0.15) is 0 Å². The second kappa shape index (κ2) is 4.57. The Bertz CT molecular complexity index is 82.6. The highest BCUT2D eigenvalue weighted by Crippen LogP contribution is 1.93. The van der Waals surface area contributed by atoms with Gasteiger partial charge in [0.15, 0.2) is 0 Å². The Labute approximate surface area is 58.4 Å². The number of rotatable bonds is 4. The fraction of sp³-hybridized carbons (Fsp3) is 0.750. The van der Waals surface area contributed by atoms with Crippen LogP contribution in [0.15, 0.2) is 12.2 Å². The molecule has 9 heavy (non-hydrogen) atoms. The topological polar surface area (TPSA) is 3.24 Å². The van der Waals surface area contributed by atoms with Gasteiger partial charge in [-0.1, -0.05) is 26.0 Å². The van der Waals surface area contributed by atoms with Gasteiger partial charge in [0.2, 0.25) is 0 Å². The van der Waals surface area contributed by atoms with E-state index in [0.717, 1.165) is 19.6 Å². The minimum Gasteiger partial charge on any atom is -0.300 e. The number of hydrogen-bond donors (Lipinski definition) is 0. The minimum absolute atomic E-state index is 1.05. The first-order chi connectivity index (χ1) is 4.20. The Hall–Kier alpha value is -0.300. The molecule has 0 fully saturated rings. The molecule has 0 aliphatic rings. The lowest BCUT2D eigenvalue weighted by Gasteiger charge is -2.17. The summed E-state index contributed by atoms with van der Waals surface area (Å²) in [5.74, 6) is 0. The highest BCUT2D eigenvalue weighted by Gasteiger charge is 1.95. The lowest BCUT2D eigenvalue weighted by molar-refractivity contribution is 0.330. The molecule has 0 unspecified atom stereocenters. The van der Waals surface area contributed by atoms with Crippen molar-refractivity contribution >= 4 is 0 Å². The second-order valence-electron chi connectivity index (χ2n) is 2.42. The molecule has 0 spiro atoms. The van der Waals surface area contributed by atoms with Gasteiger partial charge in [0, 0.05) is 6.54 Å². The summed E-state index contributed by atoms with van der Waals surface area (Å²) >= 11 is 0. The third-order valence-electron chi connectivity index (χ3n) is 1.39. The third-order valence-corrected chi connectivity index (χ3v) is 1.39. The predicted molar refractivity (Wildman–Crippen MR) is 42.6 cm³/mol. The molecule has 0 amide bonds. The van der Waals surface area contributed by atoms with Gasteiger partial charge < -0.3 is 0 Å². The van der Waals surface area contributed by atoms with E-state index in [0.29, 0.717) is 0 Å². The number of hydrogen-bond acceptors (Lipinski definition) is 1. The van der Waals surface area contributed by atoms with Crippen molar-refractivity contribution in [3.05, 3.63) is 12.2 Å². The summed E-state index contributed by atoms with van der Waals surface area (Å²) in [7, 11) is 0. The molecule has 0 aliphatic carbocycles. The molecule has 0 rings (SSSR count). The minimum atomic E-state index is 1.05. The van der Waals surface area contributed by atoms with E-state index in [1.54, 1.807) is 0 Å². The van der Waals surface area contributed by atoms with E-state index in [-0.39, 0.29) is 0 Å². The molecule has 0 saturated heterocycles. The zero-order valence-corrected chi connectivity index (χ0v) is 6.78. The van der Waals surface area contributed by atoms with E-state index in [2.05, 4.69) is 32.3 Å². The summed E-state index contributed by atoms with van der Waals surface area (Å²) < 4.78 is 0. The van der Waals surface area contributed by atoms with Crippen LogP contribution >= 0.6 is 0 Å². The molecule has 0 aliphatic heterocycles. The van der Waals surface area contributed by atoms with Gasteiger partial charge >= 0.3 is 0 Å². The first kappa shape index (κ1) is 8.70. The highest BCUT2D eigenvalue weighted by atomic mass is 15.1. The quantitative estimate of drug-likeness (QED) is 0.521. The van der Waals surface area contributed by atoms with E-state index in [9.17, 15) is 0 Å². The van der Waals surface area contributed by atoms with E-state index in [4.69, 9.17) is 0 Å². The van der Waals surface area contributed by atoms with Crippen LogP contribution in [-0.4, -0.2) is 24.5 Å². The van der Waals surface area contributed by atoms with Crippen LogP contribution in [0.1, 0.15) is 20.8 Å². The van der Waals surface area contributed by atoms with Crippen LogP contribution in [0.2, 0.25) is 0 Å². The Morgan fingerprint density at radius 3 is 1.89 bits per heavy atom. The average molecular weight is 127 g/mol. The van der Waals surface area contributed by atoms with Crippen LogP contribution in [-0.2, 0) is 0 Å². The fourth-order valence-electron chi connectivity index (χ4n) is 0.829. The molecule has 0 aromatic rings. The summed E-state index contributed by atoms with van der Waals surface area (Å²) in [4.78, 5) is 2.35. The number of nitrogens with zero attached hydrogens (tertiary/aromatic N) is 1. The van der Waals surface area contributed by atoms with Gasteiger partial charge in [0.1, 0.15) is 0 Å². The second-order valence-corrected chi connectivity index (χ2v) is 2.42. The zero-order chi connectivity index (χ0) is 7.28. The standard InChI is InChI=1S/C8H17N/c1-5-9(6-2)7-8(3)4/h3,5-7H2,1-2,4H3. The molecule has 0 atom stereocenters. The first-order valence-electron chi connectivity index (χ1n) is 3.57. The molecule has 0 N–H and O–H groups in total. The van der Waals surface area contributed by atoms with Crippen molar-refractivity contribution in [1.29, 1.82) is 0 Å². The Morgan fingerprint density at radius 2 is 1.78 bits per heavy atom. The van der Waals surface area contributed by atoms with Gasteiger partial charge in [0.25, 0.3) is 0 Å². The molecule has 0 heterocycles. The van der Waals surface area contributed by atoms with Crippen molar-refractivity contribution in [3.8, 4) is 0 Å². The summed E-state index contributed by atoms with van der Waals surface area (Å²) in [6.07, 6.45) is 0. The van der Waals surface area contributed by atoms with Crippen LogP contribution in [0.5, 0.6) is 0 Å². The summed E-state index contributed by atoms with van der Waals surface area (Å²) in [5.41, 5.74) is 1.25. The Morgan fingerprint density at radius 1 is 1.33 bits per heavy atom. The normalized spacial score (nSPS) is 10.2. The molecule has 0 bridgehead atoms. The molecule has 0 aromatic heterocycles. The molecule has 1 heteroatoms. The average Bonchev–Trinajstić information content (AvgIpc) is 1.82. The smallest absolute Gasteiger partial charge is 0.0187 e. The van der Waals surface area contributed by atoms with E-state index in [1.165, 1.54) is 5.57 Å². The maximum absolute atomic E-state index is 3.85. The monoisotopic (exact) mass is 127 g/mol. The molecule has 1 nitrogen and oxygen atoms in total. The predicted octanol–water partition coefficient (Wildman–Crippen LogP) is 1.90. The van der Waals surface area contributed by atoms with Crippen LogP contribution in [0.4, 0.5) is 0 Å². The Kier molecular flexibility index (Phi) is 4.41. The van der Waals surface area contributed by atoms with Crippen LogP contribution < -0.4 is 0 Å². The van der Waals surface area contributed by atoms with Crippen LogP contribution in [0.3, 0.4) is 0 Å². The maximum atomic E-state index is 3.85. The first-order valence-corrected chi connectivity index (χ1v) is 3.57. The fourth-order valence-corrected chi connectivity index (χ4v) is 0.829. The molecule has 0 aromatic carbocycles. The van der Waals surface area contributed by atoms with Crippen LogP contribution in [0.25, 0.3) is 0 Å².